The second-order valence-corrected chi connectivity index (χ2v) is 6.29. The molecule has 0 radical (unpaired) electrons. The van der Waals surface area contributed by atoms with Gasteiger partial charge in [0.15, 0.2) is 0 Å². The summed E-state index contributed by atoms with van der Waals surface area (Å²) in [4.78, 5) is 13.0. The molecule has 152 valence electrons. The molecule has 1 atom stereocenters. The first-order valence-corrected chi connectivity index (χ1v) is 9.06. The highest BCUT2D eigenvalue weighted by atomic mass is 35.5. The average Bonchev–Trinajstić information content (AvgIpc) is 2.75. The first-order valence-electron chi connectivity index (χ1n) is 9.06. The molecule has 0 fully saturated rings. The van der Waals surface area contributed by atoms with Crippen molar-refractivity contribution in [3.63, 3.8) is 0 Å². The third-order valence-electron chi connectivity index (χ3n) is 4.40. The summed E-state index contributed by atoms with van der Waals surface area (Å²) in [6, 6.07) is 24.3. The average molecular weight is 413 g/mol. The molecule has 1 unspecified atom stereocenters. The third kappa shape index (κ3) is 6.24. The van der Waals surface area contributed by atoms with Crippen molar-refractivity contribution in [2.75, 3.05) is 19.5 Å². The van der Waals surface area contributed by atoms with Crippen LogP contribution in [0.3, 0.4) is 0 Å². The van der Waals surface area contributed by atoms with E-state index in [9.17, 15) is 4.79 Å². The van der Waals surface area contributed by atoms with Crippen LogP contribution in [0.4, 0.5) is 5.69 Å². The first-order chi connectivity index (χ1) is 13.7. The van der Waals surface area contributed by atoms with Gasteiger partial charge in [-0.2, -0.15) is 0 Å². The van der Waals surface area contributed by atoms with Crippen LogP contribution in [-0.2, 0) is 11.3 Å². The van der Waals surface area contributed by atoms with Gasteiger partial charge in [0.05, 0.1) is 14.2 Å². The Hall–Kier alpha value is -3.02. The molecule has 6 heteroatoms. The Morgan fingerprint density at radius 3 is 2.21 bits per heavy atom. The molecule has 0 bridgehead atoms. The Kier molecular flexibility index (Phi) is 8.52. The Morgan fingerprint density at radius 1 is 0.862 bits per heavy atom. The maximum absolute atomic E-state index is 13.0. The van der Waals surface area contributed by atoms with Crippen molar-refractivity contribution in [3.8, 4) is 11.5 Å². The molecule has 0 saturated carbocycles. The summed E-state index contributed by atoms with van der Waals surface area (Å²) in [7, 11) is 3.24. The number of hydrogen-bond acceptors (Lipinski definition) is 4. The maximum Gasteiger partial charge on any atom is 0.246 e. The van der Waals surface area contributed by atoms with Crippen LogP contribution in [-0.4, -0.2) is 20.1 Å². The Balaban J connectivity index is 0.00000300. The zero-order chi connectivity index (χ0) is 19.8. The van der Waals surface area contributed by atoms with Gasteiger partial charge in [-0.05, 0) is 35.4 Å². The van der Waals surface area contributed by atoms with E-state index >= 15 is 0 Å². The molecule has 0 aliphatic rings. The number of anilines is 1. The van der Waals surface area contributed by atoms with Crippen LogP contribution in [0, 0.1) is 0 Å². The quantitative estimate of drug-likeness (QED) is 0.568. The van der Waals surface area contributed by atoms with E-state index in [0.29, 0.717) is 18.0 Å². The SMILES string of the molecule is COc1ccc(CNC(C(=O)Nc2cccc(OC)c2)c2ccccc2)cc1.Cl. The number of hydrogen-bond donors (Lipinski definition) is 2. The standard InChI is InChI=1S/C23H24N2O3.ClH/c1-27-20-13-11-17(12-14-20)16-24-22(18-7-4-3-5-8-18)23(26)25-19-9-6-10-21(15-19)28-2;/h3-15,22,24H,16H2,1-2H3,(H,25,26);1H. The number of ether oxygens (including phenoxy) is 2. The number of rotatable bonds is 8. The van der Waals surface area contributed by atoms with Crippen molar-refractivity contribution in [1.82, 2.24) is 5.32 Å². The van der Waals surface area contributed by atoms with Crippen molar-refractivity contribution in [2.24, 2.45) is 0 Å². The fourth-order valence-electron chi connectivity index (χ4n) is 2.89. The lowest BCUT2D eigenvalue weighted by Gasteiger charge is -2.19. The summed E-state index contributed by atoms with van der Waals surface area (Å²) in [5.74, 6) is 1.37. The van der Waals surface area contributed by atoms with Crippen LogP contribution >= 0.6 is 12.4 Å². The van der Waals surface area contributed by atoms with Gasteiger partial charge in [-0.25, -0.2) is 0 Å². The fraction of sp³-hybridized carbons (Fsp3) is 0.174. The Labute approximate surface area is 177 Å². The van der Waals surface area contributed by atoms with Gasteiger partial charge >= 0.3 is 0 Å². The second-order valence-electron chi connectivity index (χ2n) is 6.29. The van der Waals surface area contributed by atoms with Gasteiger partial charge < -0.3 is 14.8 Å². The van der Waals surface area contributed by atoms with Crippen LogP contribution in [0.2, 0.25) is 0 Å². The lowest BCUT2D eigenvalue weighted by atomic mass is 10.1. The zero-order valence-corrected chi connectivity index (χ0v) is 17.2. The molecule has 0 aliphatic carbocycles. The summed E-state index contributed by atoms with van der Waals surface area (Å²) in [5.41, 5.74) is 2.66. The molecule has 1 amide bonds. The second kappa shape index (κ2) is 11.1. The molecule has 0 aromatic heterocycles. The van der Waals surface area contributed by atoms with Gasteiger partial charge in [-0.15, -0.1) is 12.4 Å². The number of nitrogens with one attached hydrogen (secondary N) is 2. The molecule has 3 aromatic rings. The molecule has 0 heterocycles. The minimum absolute atomic E-state index is 0. The Bertz CT molecular complexity index is 902. The van der Waals surface area contributed by atoms with Crippen LogP contribution in [0.5, 0.6) is 11.5 Å². The lowest BCUT2D eigenvalue weighted by Crippen LogP contribution is -2.32. The van der Waals surface area contributed by atoms with Gasteiger partial charge in [-0.1, -0.05) is 48.5 Å². The van der Waals surface area contributed by atoms with Gasteiger partial charge in [-0.3, -0.25) is 10.1 Å². The number of carbonyl (C=O) groups is 1. The van der Waals surface area contributed by atoms with E-state index in [4.69, 9.17) is 9.47 Å². The van der Waals surface area contributed by atoms with Gasteiger partial charge in [0.1, 0.15) is 17.5 Å². The van der Waals surface area contributed by atoms with E-state index in [1.54, 1.807) is 20.3 Å². The predicted octanol–water partition coefficient (Wildman–Crippen LogP) is 4.60. The Morgan fingerprint density at radius 2 is 1.55 bits per heavy atom. The van der Waals surface area contributed by atoms with Gasteiger partial charge in [0, 0.05) is 18.3 Å². The lowest BCUT2D eigenvalue weighted by molar-refractivity contribution is -0.118. The summed E-state index contributed by atoms with van der Waals surface area (Å²) in [6.07, 6.45) is 0. The van der Waals surface area contributed by atoms with Crippen molar-refractivity contribution in [3.05, 3.63) is 90.0 Å². The summed E-state index contributed by atoms with van der Waals surface area (Å²) < 4.78 is 10.4. The minimum atomic E-state index is -0.491. The van der Waals surface area contributed by atoms with E-state index in [0.717, 1.165) is 16.9 Å². The van der Waals surface area contributed by atoms with Gasteiger partial charge in [0.2, 0.25) is 5.91 Å². The molecular weight excluding hydrogens is 388 g/mol. The van der Waals surface area contributed by atoms with Crippen molar-refractivity contribution in [1.29, 1.82) is 0 Å². The molecule has 5 nitrogen and oxygen atoms in total. The molecule has 29 heavy (non-hydrogen) atoms. The number of benzene rings is 3. The van der Waals surface area contributed by atoms with E-state index in [1.807, 2.05) is 72.8 Å². The summed E-state index contributed by atoms with van der Waals surface area (Å²) in [6.45, 7) is 0.551. The number of amides is 1. The van der Waals surface area contributed by atoms with Crippen LogP contribution in [0.1, 0.15) is 17.2 Å². The largest absolute Gasteiger partial charge is 0.497 e. The smallest absolute Gasteiger partial charge is 0.246 e. The van der Waals surface area contributed by atoms with E-state index in [1.165, 1.54) is 0 Å². The predicted molar refractivity (Wildman–Crippen MR) is 118 cm³/mol. The summed E-state index contributed by atoms with van der Waals surface area (Å²) >= 11 is 0. The molecule has 0 spiro atoms. The summed E-state index contributed by atoms with van der Waals surface area (Å²) in [5, 5.41) is 6.32. The van der Waals surface area contributed by atoms with Crippen molar-refractivity contribution in [2.45, 2.75) is 12.6 Å². The first kappa shape index (κ1) is 22.3. The van der Waals surface area contributed by atoms with Crippen molar-refractivity contribution < 1.29 is 14.3 Å². The number of halogens is 1. The zero-order valence-electron chi connectivity index (χ0n) is 16.4. The van der Waals surface area contributed by atoms with Crippen LogP contribution < -0.4 is 20.1 Å². The molecule has 0 aliphatic heterocycles. The van der Waals surface area contributed by atoms with E-state index in [2.05, 4.69) is 10.6 Å². The minimum Gasteiger partial charge on any atom is -0.497 e. The third-order valence-corrected chi connectivity index (χ3v) is 4.40. The van der Waals surface area contributed by atoms with E-state index in [-0.39, 0.29) is 18.3 Å². The molecule has 2 N–H and O–H groups in total. The highest BCUT2D eigenvalue weighted by molar-refractivity contribution is 5.95. The highest BCUT2D eigenvalue weighted by Crippen LogP contribution is 2.20. The van der Waals surface area contributed by atoms with Gasteiger partial charge in [0.25, 0.3) is 0 Å². The monoisotopic (exact) mass is 412 g/mol. The van der Waals surface area contributed by atoms with Crippen LogP contribution in [0.15, 0.2) is 78.9 Å². The topological polar surface area (TPSA) is 59.6 Å². The molecule has 0 saturated heterocycles. The highest BCUT2D eigenvalue weighted by Gasteiger charge is 2.20. The van der Waals surface area contributed by atoms with E-state index < -0.39 is 6.04 Å². The normalized spacial score (nSPS) is 11.1. The van der Waals surface area contributed by atoms with Crippen LogP contribution in [0.25, 0.3) is 0 Å². The molecular formula is C23H25ClN2O3. The maximum atomic E-state index is 13.0. The molecule has 3 rings (SSSR count). The number of methoxy groups -OCH3 is 2. The fourth-order valence-corrected chi connectivity index (χ4v) is 2.89. The number of carbonyl (C=O) groups excluding carboxylic acids is 1. The molecule has 3 aromatic carbocycles. The van der Waals surface area contributed by atoms with Crippen molar-refractivity contribution >= 4 is 24.0 Å².